The Morgan fingerprint density at radius 1 is 1.39 bits per heavy atom. The van der Waals surface area contributed by atoms with Gasteiger partial charge in [-0.25, -0.2) is 9.59 Å². The number of aromatic amines is 1. The van der Waals surface area contributed by atoms with Crippen LogP contribution in [0.4, 0.5) is 0 Å². The summed E-state index contributed by atoms with van der Waals surface area (Å²) in [5.41, 5.74) is 0.757. The highest BCUT2D eigenvalue weighted by Gasteiger charge is 2.25. The first-order chi connectivity index (χ1) is 8.63. The van der Waals surface area contributed by atoms with E-state index in [2.05, 4.69) is 9.97 Å². The van der Waals surface area contributed by atoms with E-state index in [1.165, 1.54) is 6.42 Å². The van der Waals surface area contributed by atoms with Crippen LogP contribution < -0.4 is 5.69 Å². The minimum Gasteiger partial charge on any atom is -0.478 e. The second-order valence-electron chi connectivity index (χ2n) is 4.77. The Hall–Kier alpha value is -1.65. The molecule has 1 fully saturated rings. The third-order valence-corrected chi connectivity index (χ3v) is 3.60. The molecule has 1 aliphatic carbocycles. The lowest BCUT2D eigenvalue weighted by atomic mass is 9.84. The molecule has 2 N–H and O–H groups in total. The van der Waals surface area contributed by atoms with Crippen LogP contribution >= 0.6 is 0 Å². The lowest BCUT2D eigenvalue weighted by Crippen LogP contribution is -2.24. The van der Waals surface area contributed by atoms with Gasteiger partial charge in [-0.3, -0.25) is 0 Å². The molecule has 1 heterocycles. The van der Waals surface area contributed by atoms with Crippen molar-refractivity contribution in [3.05, 3.63) is 27.4 Å². The van der Waals surface area contributed by atoms with Gasteiger partial charge in [0.15, 0.2) is 0 Å². The molecule has 18 heavy (non-hydrogen) atoms. The molecule has 0 aliphatic heterocycles. The smallest absolute Gasteiger partial charge is 0.345 e. The van der Waals surface area contributed by atoms with Crippen LogP contribution in [-0.2, 0) is 6.42 Å². The van der Waals surface area contributed by atoms with Crippen LogP contribution in [0.1, 0.15) is 66.7 Å². The van der Waals surface area contributed by atoms with Crippen molar-refractivity contribution in [3.8, 4) is 0 Å². The van der Waals surface area contributed by atoms with Crippen molar-refractivity contribution in [2.75, 3.05) is 0 Å². The van der Waals surface area contributed by atoms with Gasteiger partial charge in [0, 0.05) is 11.6 Å². The molecule has 98 valence electrons. The molecule has 0 unspecified atom stereocenters. The van der Waals surface area contributed by atoms with Gasteiger partial charge in [0.2, 0.25) is 0 Å². The molecule has 0 spiro atoms. The maximum absolute atomic E-state index is 11.5. The van der Waals surface area contributed by atoms with Crippen molar-refractivity contribution in [2.24, 2.45) is 0 Å². The third kappa shape index (κ3) is 2.44. The SMILES string of the molecule is CCc1[nH]c(=O)nc(C2CCCCC2)c1C(=O)O. The molecule has 0 aromatic carbocycles. The molecular formula is C13H18N2O3. The van der Waals surface area contributed by atoms with E-state index >= 15 is 0 Å². The number of aryl methyl sites for hydroxylation is 1. The maximum atomic E-state index is 11.5. The van der Waals surface area contributed by atoms with Gasteiger partial charge < -0.3 is 10.1 Å². The van der Waals surface area contributed by atoms with E-state index in [0.717, 1.165) is 25.7 Å². The average Bonchev–Trinajstić information content (AvgIpc) is 2.38. The number of carboxylic acid groups (broad SMARTS) is 1. The van der Waals surface area contributed by atoms with Crippen LogP contribution in [0.2, 0.25) is 0 Å². The zero-order valence-corrected chi connectivity index (χ0v) is 10.5. The Kier molecular flexibility index (Phi) is 3.79. The molecule has 1 saturated carbocycles. The Balaban J connectivity index is 2.52. The zero-order valence-electron chi connectivity index (χ0n) is 10.5. The summed E-state index contributed by atoms with van der Waals surface area (Å²) >= 11 is 0. The van der Waals surface area contributed by atoms with E-state index in [9.17, 15) is 14.7 Å². The minimum atomic E-state index is -0.990. The fourth-order valence-corrected chi connectivity index (χ4v) is 2.71. The molecule has 0 bridgehead atoms. The monoisotopic (exact) mass is 250 g/mol. The van der Waals surface area contributed by atoms with Gasteiger partial charge in [-0.2, -0.15) is 4.98 Å². The fourth-order valence-electron chi connectivity index (χ4n) is 2.71. The number of hydrogen-bond acceptors (Lipinski definition) is 3. The molecular weight excluding hydrogens is 232 g/mol. The summed E-state index contributed by atoms with van der Waals surface area (Å²) in [5, 5.41) is 9.34. The highest BCUT2D eigenvalue weighted by atomic mass is 16.4. The number of aromatic carboxylic acids is 1. The molecule has 0 atom stereocenters. The molecule has 2 rings (SSSR count). The van der Waals surface area contributed by atoms with E-state index < -0.39 is 11.7 Å². The second-order valence-corrected chi connectivity index (χ2v) is 4.77. The maximum Gasteiger partial charge on any atom is 0.345 e. The van der Waals surface area contributed by atoms with E-state index in [1.807, 2.05) is 6.92 Å². The van der Waals surface area contributed by atoms with Gasteiger partial charge in [0.05, 0.1) is 5.69 Å². The fraction of sp³-hybridized carbons (Fsp3) is 0.615. The van der Waals surface area contributed by atoms with Gasteiger partial charge in [-0.1, -0.05) is 26.2 Å². The molecule has 0 saturated heterocycles. The van der Waals surface area contributed by atoms with Gasteiger partial charge in [0.25, 0.3) is 0 Å². The Labute approximate surface area is 105 Å². The molecule has 0 amide bonds. The van der Waals surface area contributed by atoms with Crippen LogP contribution in [0.3, 0.4) is 0 Å². The Morgan fingerprint density at radius 3 is 2.61 bits per heavy atom. The van der Waals surface area contributed by atoms with Crippen molar-refractivity contribution in [1.29, 1.82) is 0 Å². The molecule has 5 nitrogen and oxygen atoms in total. The average molecular weight is 250 g/mol. The minimum absolute atomic E-state index is 0.123. The molecule has 0 radical (unpaired) electrons. The third-order valence-electron chi connectivity index (χ3n) is 3.60. The van der Waals surface area contributed by atoms with Gasteiger partial charge in [-0.15, -0.1) is 0 Å². The number of carbonyl (C=O) groups is 1. The summed E-state index contributed by atoms with van der Waals surface area (Å²) in [5.74, 6) is -0.867. The van der Waals surface area contributed by atoms with E-state index in [1.54, 1.807) is 0 Å². The summed E-state index contributed by atoms with van der Waals surface area (Å²) in [4.78, 5) is 29.4. The van der Waals surface area contributed by atoms with Crippen LogP contribution in [-0.4, -0.2) is 21.0 Å². The van der Waals surface area contributed by atoms with Crippen LogP contribution in [0.25, 0.3) is 0 Å². The van der Waals surface area contributed by atoms with E-state index in [0.29, 0.717) is 17.8 Å². The number of carboxylic acids is 1. The predicted octanol–water partition coefficient (Wildman–Crippen LogP) is 2.08. The van der Waals surface area contributed by atoms with Crippen LogP contribution in [0.15, 0.2) is 4.79 Å². The highest BCUT2D eigenvalue weighted by Crippen LogP contribution is 2.33. The van der Waals surface area contributed by atoms with Crippen LogP contribution in [0.5, 0.6) is 0 Å². The van der Waals surface area contributed by atoms with E-state index in [4.69, 9.17) is 0 Å². The highest BCUT2D eigenvalue weighted by molar-refractivity contribution is 5.90. The van der Waals surface area contributed by atoms with Gasteiger partial charge in [-0.05, 0) is 19.3 Å². The number of hydrogen-bond donors (Lipinski definition) is 2. The van der Waals surface area contributed by atoms with Gasteiger partial charge >= 0.3 is 11.7 Å². The quantitative estimate of drug-likeness (QED) is 0.860. The van der Waals surface area contributed by atoms with Crippen molar-refractivity contribution in [1.82, 2.24) is 9.97 Å². The Bertz CT molecular complexity index is 501. The number of aromatic nitrogens is 2. The first-order valence-electron chi connectivity index (χ1n) is 6.49. The molecule has 5 heteroatoms. The summed E-state index contributed by atoms with van der Waals surface area (Å²) in [7, 11) is 0. The normalized spacial score (nSPS) is 16.7. The Morgan fingerprint density at radius 2 is 2.06 bits per heavy atom. The van der Waals surface area contributed by atoms with Crippen molar-refractivity contribution >= 4 is 5.97 Å². The van der Waals surface area contributed by atoms with Crippen molar-refractivity contribution in [3.63, 3.8) is 0 Å². The zero-order chi connectivity index (χ0) is 13.1. The molecule has 1 aromatic rings. The first kappa shape index (κ1) is 12.8. The van der Waals surface area contributed by atoms with Crippen molar-refractivity contribution < 1.29 is 9.90 Å². The lowest BCUT2D eigenvalue weighted by molar-refractivity contribution is 0.0692. The standard InChI is InChI=1S/C13H18N2O3/c1-2-9-10(12(16)17)11(15-13(18)14-9)8-6-4-3-5-7-8/h8H,2-7H2,1H3,(H,16,17)(H,14,15,18). The molecule has 1 aromatic heterocycles. The van der Waals surface area contributed by atoms with E-state index in [-0.39, 0.29) is 11.5 Å². The summed E-state index contributed by atoms with van der Waals surface area (Å²) in [6.07, 6.45) is 5.71. The summed E-state index contributed by atoms with van der Waals surface area (Å²) in [6.45, 7) is 1.84. The summed E-state index contributed by atoms with van der Waals surface area (Å²) < 4.78 is 0. The number of nitrogens with zero attached hydrogens (tertiary/aromatic N) is 1. The predicted molar refractivity (Wildman–Crippen MR) is 67.0 cm³/mol. The largest absolute Gasteiger partial charge is 0.478 e. The van der Waals surface area contributed by atoms with Crippen molar-refractivity contribution in [2.45, 2.75) is 51.4 Å². The molecule has 1 aliphatic rings. The first-order valence-corrected chi connectivity index (χ1v) is 6.49. The lowest BCUT2D eigenvalue weighted by Gasteiger charge is -2.22. The number of H-pyrrole nitrogens is 1. The summed E-state index contributed by atoms with van der Waals surface area (Å²) in [6, 6.07) is 0. The van der Waals surface area contributed by atoms with Crippen LogP contribution in [0, 0.1) is 0 Å². The topological polar surface area (TPSA) is 83.0 Å². The number of rotatable bonds is 3. The van der Waals surface area contributed by atoms with Gasteiger partial charge in [0.1, 0.15) is 5.56 Å². The number of nitrogens with one attached hydrogen (secondary N) is 1. The second kappa shape index (κ2) is 5.33.